The standard InChI is InChI=1S/C38H22N4O2/c1-39-26-22-25(23-27(24-26)40-2)38-32(41-28-12-3-7-18-34(28)43-35-19-8-4-13-29(35)41)16-11-17-33(38)42-30-14-5-9-20-36(30)44-37-21-10-6-15-31(37)42/h3-24H. The van der Waals surface area contributed by atoms with E-state index in [0.717, 1.165) is 68.2 Å². The largest absolute Gasteiger partial charge is 0.453 e. The zero-order chi connectivity index (χ0) is 29.6. The summed E-state index contributed by atoms with van der Waals surface area (Å²) in [5.41, 5.74) is 7.74. The maximum absolute atomic E-state index is 7.83. The molecule has 206 valence electrons. The molecule has 0 aliphatic carbocycles. The summed E-state index contributed by atoms with van der Waals surface area (Å²) in [6.45, 7) is 15.7. The third-order valence-corrected chi connectivity index (χ3v) is 7.82. The van der Waals surface area contributed by atoms with Crippen LogP contribution in [0.3, 0.4) is 0 Å². The third-order valence-electron chi connectivity index (χ3n) is 7.82. The van der Waals surface area contributed by atoms with E-state index in [-0.39, 0.29) is 0 Å². The van der Waals surface area contributed by atoms with Gasteiger partial charge in [0.25, 0.3) is 0 Å². The highest BCUT2D eigenvalue weighted by molar-refractivity contribution is 6.02. The minimum atomic E-state index is 0.403. The second kappa shape index (κ2) is 10.1. The van der Waals surface area contributed by atoms with Crippen LogP contribution in [0.2, 0.25) is 0 Å². The van der Waals surface area contributed by atoms with Crippen LogP contribution in [0.25, 0.3) is 20.8 Å². The van der Waals surface area contributed by atoms with E-state index >= 15 is 0 Å². The molecule has 2 aliphatic rings. The summed E-state index contributed by atoms with van der Waals surface area (Å²) in [6.07, 6.45) is 0. The lowest BCUT2D eigenvalue weighted by molar-refractivity contribution is 0.477. The van der Waals surface area contributed by atoms with Gasteiger partial charge in [-0.05, 0) is 66.2 Å². The Morgan fingerprint density at radius 2 is 0.750 bits per heavy atom. The van der Waals surface area contributed by atoms with Crippen LogP contribution in [-0.4, -0.2) is 0 Å². The molecule has 2 heterocycles. The first-order chi connectivity index (χ1) is 21.7. The molecule has 0 saturated heterocycles. The summed E-state index contributed by atoms with van der Waals surface area (Å²) >= 11 is 0. The van der Waals surface area contributed by atoms with E-state index in [1.54, 1.807) is 6.07 Å². The van der Waals surface area contributed by atoms with Crippen LogP contribution >= 0.6 is 0 Å². The first kappa shape index (κ1) is 25.2. The number of benzene rings is 6. The van der Waals surface area contributed by atoms with E-state index in [4.69, 9.17) is 22.6 Å². The summed E-state index contributed by atoms with van der Waals surface area (Å²) in [6, 6.07) is 43.4. The van der Waals surface area contributed by atoms with Crippen LogP contribution in [0.1, 0.15) is 0 Å². The molecule has 0 fully saturated rings. The summed E-state index contributed by atoms with van der Waals surface area (Å²) in [5.74, 6) is 2.95. The van der Waals surface area contributed by atoms with Gasteiger partial charge in [-0.1, -0.05) is 72.8 Å². The zero-order valence-corrected chi connectivity index (χ0v) is 23.3. The fourth-order valence-electron chi connectivity index (χ4n) is 5.99. The molecule has 6 heteroatoms. The normalized spacial score (nSPS) is 12.3. The van der Waals surface area contributed by atoms with Crippen LogP contribution < -0.4 is 19.3 Å². The Hall–Kier alpha value is -6.50. The highest BCUT2D eigenvalue weighted by atomic mass is 16.5. The molecule has 0 saturated carbocycles. The number of nitrogens with zero attached hydrogens (tertiary/aromatic N) is 4. The molecule has 6 nitrogen and oxygen atoms in total. The lowest BCUT2D eigenvalue weighted by Crippen LogP contribution is -2.19. The Morgan fingerprint density at radius 3 is 1.11 bits per heavy atom. The fraction of sp³-hybridized carbons (Fsp3) is 0. The lowest BCUT2D eigenvalue weighted by Gasteiger charge is -2.37. The van der Waals surface area contributed by atoms with Crippen molar-refractivity contribution in [1.29, 1.82) is 0 Å². The third kappa shape index (κ3) is 3.94. The molecule has 2 aliphatic heterocycles. The first-order valence-electron chi connectivity index (χ1n) is 14.1. The van der Waals surface area contributed by atoms with Gasteiger partial charge in [-0.25, -0.2) is 9.69 Å². The van der Waals surface area contributed by atoms with Gasteiger partial charge in [0, 0.05) is 5.56 Å². The van der Waals surface area contributed by atoms with Crippen LogP contribution in [0.15, 0.2) is 133 Å². The average Bonchev–Trinajstić information content (AvgIpc) is 3.09. The van der Waals surface area contributed by atoms with Gasteiger partial charge in [0.1, 0.15) is 0 Å². The molecule has 6 aromatic rings. The zero-order valence-electron chi connectivity index (χ0n) is 23.3. The second-order valence-corrected chi connectivity index (χ2v) is 10.4. The number of para-hydroxylation sites is 8. The minimum Gasteiger partial charge on any atom is -0.453 e. The molecule has 0 bridgehead atoms. The van der Waals surface area contributed by atoms with Crippen molar-refractivity contribution in [2.24, 2.45) is 0 Å². The van der Waals surface area contributed by atoms with E-state index in [1.165, 1.54) is 0 Å². The Kier molecular flexibility index (Phi) is 5.79. The molecule has 0 atom stereocenters. The molecule has 0 amide bonds. The molecule has 44 heavy (non-hydrogen) atoms. The maximum atomic E-state index is 7.83. The average molecular weight is 567 g/mol. The van der Waals surface area contributed by atoms with Gasteiger partial charge in [0.05, 0.1) is 47.3 Å². The second-order valence-electron chi connectivity index (χ2n) is 10.4. The first-order valence-corrected chi connectivity index (χ1v) is 14.1. The molecule has 0 aromatic heterocycles. The quantitative estimate of drug-likeness (QED) is 0.199. The fourth-order valence-corrected chi connectivity index (χ4v) is 5.99. The summed E-state index contributed by atoms with van der Waals surface area (Å²) < 4.78 is 12.7. The van der Waals surface area contributed by atoms with Crippen molar-refractivity contribution in [1.82, 2.24) is 0 Å². The Bertz CT molecular complexity index is 1950. The predicted molar refractivity (Wildman–Crippen MR) is 174 cm³/mol. The van der Waals surface area contributed by atoms with E-state index in [1.807, 2.05) is 115 Å². The summed E-state index contributed by atoms with van der Waals surface area (Å²) in [5, 5.41) is 0. The maximum Gasteiger partial charge on any atom is 0.177 e. The molecule has 0 unspecified atom stereocenters. The van der Waals surface area contributed by atoms with Crippen molar-refractivity contribution in [2.75, 3.05) is 9.80 Å². The summed E-state index contributed by atoms with van der Waals surface area (Å²) in [4.78, 5) is 11.9. The Labute approximate surface area is 254 Å². The van der Waals surface area contributed by atoms with E-state index in [2.05, 4.69) is 31.6 Å². The molecular formula is C38H22N4O2. The van der Waals surface area contributed by atoms with Gasteiger partial charge >= 0.3 is 0 Å². The molecule has 0 radical (unpaired) electrons. The monoisotopic (exact) mass is 566 g/mol. The Morgan fingerprint density at radius 1 is 0.409 bits per heavy atom. The van der Waals surface area contributed by atoms with Crippen molar-refractivity contribution < 1.29 is 9.47 Å². The Balaban J connectivity index is 1.49. The van der Waals surface area contributed by atoms with E-state index in [0.29, 0.717) is 11.4 Å². The van der Waals surface area contributed by atoms with Crippen molar-refractivity contribution in [3.05, 3.63) is 156 Å². The highest BCUT2D eigenvalue weighted by Gasteiger charge is 2.32. The number of hydrogen-bond acceptors (Lipinski definition) is 4. The van der Waals surface area contributed by atoms with Crippen LogP contribution in [-0.2, 0) is 0 Å². The van der Waals surface area contributed by atoms with Gasteiger partial charge in [-0.2, -0.15) is 0 Å². The highest BCUT2D eigenvalue weighted by Crippen LogP contribution is 2.57. The number of anilines is 6. The molecule has 8 rings (SSSR count). The van der Waals surface area contributed by atoms with Gasteiger partial charge in [0.15, 0.2) is 34.4 Å². The summed E-state index contributed by atoms with van der Waals surface area (Å²) in [7, 11) is 0. The van der Waals surface area contributed by atoms with E-state index in [9.17, 15) is 0 Å². The van der Waals surface area contributed by atoms with Crippen molar-refractivity contribution in [3.8, 4) is 34.1 Å². The predicted octanol–water partition coefficient (Wildman–Crippen LogP) is 11.6. The van der Waals surface area contributed by atoms with Crippen molar-refractivity contribution in [3.63, 3.8) is 0 Å². The molecule has 0 N–H and O–H groups in total. The molecule has 6 aromatic carbocycles. The van der Waals surface area contributed by atoms with Crippen molar-refractivity contribution in [2.45, 2.75) is 0 Å². The molecule has 0 spiro atoms. The number of ether oxygens (including phenoxy) is 2. The van der Waals surface area contributed by atoms with Crippen LogP contribution in [0.5, 0.6) is 23.0 Å². The van der Waals surface area contributed by atoms with Crippen LogP contribution in [0.4, 0.5) is 45.5 Å². The van der Waals surface area contributed by atoms with E-state index < -0.39 is 0 Å². The SMILES string of the molecule is [C-]#[N+]c1cc([N+]#[C-])cc(-c2c(N3c4ccccc4Oc4ccccc43)cccc2N2c3ccccc3Oc3ccccc32)c1. The topological polar surface area (TPSA) is 33.7 Å². The minimum absolute atomic E-state index is 0.403. The van der Waals surface area contributed by atoms with Gasteiger partial charge in [-0.3, -0.25) is 0 Å². The van der Waals surface area contributed by atoms with Crippen molar-refractivity contribution >= 4 is 45.5 Å². The molecular weight excluding hydrogens is 544 g/mol. The number of hydrogen-bond donors (Lipinski definition) is 0. The van der Waals surface area contributed by atoms with Gasteiger partial charge in [-0.15, -0.1) is 0 Å². The van der Waals surface area contributed by atoms with Gasteiger partial charge < -0.3 is 19.3 Å². The number of rotatable bonds is 3. The number of fused-ring (bicyclic) bond motifs is 4. The van der Waals surface area contributed by atoms with Gasteiger partial charge in [0.2, 0.25) is 0 Å². The van der Waals surface area contributed by atoms with Crippen LogP contribution in [0, 0.1) is 13.1 Å². The lowest BCUT2D eigenvalue weighted by atomic mass is 9.96. The smallest absolute Gasteiger partial charge is 0.177 e.